The van der Waals surface area contributed by atoms with Crippen LogP contribution in [0.5, 0.6) is 0 Å². The molecule has 1 saturated heterocycles. The molecule has 0 radical (unpaired) electrons. The van der Waals surface area contributed by atoms with E-state index in [1.807, 2.05) is 0 Å². The minimum atomic E-state index is -0.0746. The van der Waals surface area contributed by atoms with Crippen molar-refractivity contribution in [3.63, 3.8) is 0 Å². The fourth-order valence-electron chi connectivity index (χ4n) is 2.22. The maximum absolute atomic E-state index is 12.0. The van der Waals surface area contributed by atoms with Crippen molar-refractivity contribution in [1.82, 2.24) is 20.0 Å². The van der Waals surface area contributed by atoms with Gasteiger partial charge in [-0.1, -0.05) is 0 Å². The highest BCUT2D eigenvalue weighted by molar-refractivity contribution is 5.93. The molecule has 106 valence electrons. The molecule has 0 bridgehead atoms. The van der Waals surface area contributed by atoms with Crippen LogP contribution in [0.1, 0.15) is 24.2 Å². The van der Waals surface area contributed by atoms with Crippen LogP contribution in [0.4, 0.5) is 0 Å². The maximum Gasteiger partial charge on any atom is 0.254 e. The van der Waals surface area contributed by atoms with E-state index in [1.165, 1.54) is 0 Å². The standard InChI is InChI=1S/C13H22N4O2/c1-13(2,17-4-6-19-7-5-17)10-14-12(18)11-8-15-16(3)9-11/h8-9H,4-7,10H2,1-3H3,(H,14,18). The van der Waals surface area contributed by atoms with E-state index in [2.05, 4.69) is 29.2 Å². The molecule has 1 aromatic rings. The number of rotatable bonds is 4. The van der Waals surface area contributed by atoms with Crippen molar-refractivity contribution >= 4 is 5.91 Å². The largest absolute Gasteiger partial charge is 0.379 e. The van der Waals surface area contributed by atoms with Gasteiger partial charge in [-0.15, -0.1) is 0 Å². The third-order valence-corrected chi connectivity index (χ3v) is 3.52. The minimum Gasteiger partial charge on any atom is -0.379 e. The molecule has 1 aliphatic rings. The normalized spacial score (nSPS) is 17.4. The molecule has 1 fully saturated rings. The summed E-state index contributed by atoms with van der Waals surface area (Å²) >= 11 is 0. The average molecular weight is 266 g/mol. The van der Waals surface area contributed by atoms with Crippen LogP contribution >= 0.6 is 0 Å². The second-order valence-electron chi connectivity index (χ2n) is 5.50. The topological polar surface area (TPSA) is 59.4 Å². The number of nitrogens with zero attached hydrogens (tertiary/aromatic N) is 3. The smallest absolute Gasteiger partial charge is 0.254 e. The molecule has 1 N–H and O–H groups in total. The van der Waals surface area contributed by atoms with Crippen molar-refractivity contribution in [3.8, 4) is 0 Å². The lowest BCUT2D eigenvalue weighted by molar-refractivity contribution is -0.00923. The number of aromatic nitrogens is 2. The molecule has 1 aliphatic heterocycles. The highest BCUT2D eigenvalue weighted by atomic mass is 16.5. The van der Waals surface area contributed by atoms with Gasteiger partial charge in [0.15, 0.2) is 0 Å². The van der Waals surface area contributed by atoms with Gasteiger partial charge in [0.25, 0.3) is 5.91 Å². The second kappa shape index (κ2) is 5.71. The summed E-state index contributed by atoms with van der Waals surface area (Å²) in [6, 6.07) is 0. The van der Waals surface area contributed by atoms with E-state index in [0.717, 1.165) is 26.3 Å². The maximum atomic E-state index is 12.0. The minimum absolute atomic E-state index is 0.0678. The molecule has 0 aliphatic carbocycles. The highest BCUT2D eigenvalue weighted by Gasteiger charge is 2.28. The van der Waals surface area contributed by atoms with E-state index < -0.39 is 0 Å². The Morgan fingerprint density at radius 3 is 2.74 bits per heavy atom. The van der Waals surface area contributed by atoms with Crippen molar-refractivity contribution in [1.29, 1.82) is 0 Å². The molecule has 2 heterocycles. The van der Waals surface area contributed by atoms with Crippen LogP contribution in [0.3, 0.4) is 0 Å². The zero-order valence-electron chi connectivity index (χ0n) is 11.8. The fourth-order valence-corrected chi connectivity index (χ4v) is 2.22. The molecule has 1 aromatic heterocycles. The molecule has 1 amide bonds. The molecule has 6 nitrogen and oxygen atoms in total. The summed E-state index contributed by atoms with van der Waals surface area (Å²) in [5, 5.41) is 6.98. The summed E-state index contributed by atoms with van der Waals surface area (Å²) in [6.07, 6.45) is 3.30. The monoisotopic (exact) mass is 266 g/mol. The number of nitrogens with one attached hydrogen (secondary N) is 1. The van der Waals surface area contributed by atoms with Crippen LogP contribution in [0.15, 0.2) is 12.4 Å². The number of amides is 1. The molecule has 19 heavy (non-hydrogen) atoms. The molecule has 6 heteroatoms. The summed E-state index contributed by atoms with van der Waals surface area (Å²) in [6.45, 7) is 8.25. The second-order valence-corrected chi connectivity index (χ2v) is 5.50. The van der Waals surface area contributed by atoms with Gasteiger partial charge in [0.2, 0.25) is 0 Å². The average Bonchev–Trinajstić information content (AvgIpc) is 2.84. The third-order valence-electron chi connectivity index (χ3n) is 3.52. The first-order valence-electron chi connectivity index (χ1n) is 6.59. The molecule has 0 unspecified atom stereocenters. The molecule has 2 rings (SSSR count). The Bertz CT molecular complexity index is 436. The summed E-state index contributed by atoms with van der Waals surface area (Å²) in [7, 11) is 1.80. The van der Waals surface area contributed by atoms with Gasteiger partial charge in [0.05, 0.1) is 25.0 Å². The van der Waals surface area contributed by atoms with Gasteiger partial charge in [0, 0.05) is 38.4 Å². The van der Waals surface area contributed by atoms with Crippen LogP contribution in [-0.2, 0) is 11.8 Å². The number of aryl methyl sites for hydroxylation is 1. The Kier molecular flexibility index (Phi) is 4.21. The van der Waals surface area contributed by atoms with E-state index in [9.17, 15) is 4.79 Å². The quantitative estimate of drug-likeness (QED) is 0.849. The molecule has 0 atom stereocenters. The van der Waals surface area contributed by atoms with Gasteiger partial charge < -0.3 is 10.1 Å². The summed E-state index contributed by atoms with van der Waals surface area (Å²) in [4.78, 5) is 14.3. The Labute approximate surface area is 113 Å². The van der Waals surface area contributed by atoms with Crippen LogP contribution < -0.4 is 5.32 Å². The fraction of sp³-hybridized carbons (Fsp3) is 0.692. The lowest BCUT2D eigenvalue weighted by Gasteiger charge is -2.40. The predicted octanol–water partition coefficient (Wildman–Crippen LogP) is 0.261. The van der Waals surface area contributed by atoms with Crippen LogP contribution in [-0.4, -0.2) is 59.0 Å². The number of carbonyl (C=O) groups excluding carboxylic acids is 1. The van der Waals surface area contributed by atoms with Crippen LogP contribution in [0.25, 0.3) is 0 Å². The summed E-state index contributed by atoms with van der Waals surface area (Å²) < 4.78 is 6.98. The SMILES string of the molecule is Cn1cc(C(=O)NCC(C)(C)N2CCOCC2)cn1. The van der Waals surface area contributed by atoms with E-state index in [-0.39, 0.29) is 11.4 Å². The first-order chi connectivity index (χ1) is 8.99. The summed E-state index contributed by atoms with van der Waals surface area (Å²) in [5.41, 5.74) is 0.530. The van der Waals surface area contributed by atoms with Crippen molar-refractivity contribution in [2.45, 2.75) is 19.4 Å². The molecular weight excluding hydrogens is 244 g/mol. The molecular formula is C13H22N4O2. The molecule has 0 saturated carbocycles. The Balaban J connectivity index is 1.88. The van der Waals surface area contributed by atoms with Crippen molar-refractivity contribution in [3.05, 3.63) is 18.0 Å². The van der Waals surface area contributed by atoms with E-state index in [4.69, 9.17) is 4.74 Å². The molecule has 0 spiro atoms. The van der Waals surface area contributed by atoms with Crippen molar-refractivity contribution in [2.75, 3.05) is 32.8 Å². The predicted molar refractivity (Wildman–Crippen MR) is 72.0 cm³/mol. The van der Waals surface area contributed by atoms with Gasteiger partial charge in [-0.25, -0.2) is 0 Å². The third kappa shape index (κ3) is 3.54. The number of carbonyl (C=O) groups is 1. The zero-order chi connectivity index (χ0) is 13.9. The lowest BCUT2D eigenvalue weighted by Crippen LogP contribution is -2.55. The number of morpholine rings is 1. The number of hydrogen-bond acceptors (Lipinski definition) is 4. The highest BCUT2D eigenvalue weighted by Crippen LogP contribution is 2.15. The van der Waals surface area contributed by atoms with Gasteiger partial charge >= 0.3 is 0 Å². The lowest BCUT2D eigenvalue weighted by atomic mass is 10.0. The van der Waals surface area contributed by atoms with Crippen LogP contribution in [0, 0.1) is 0 Å². The first-order valence-corrected chi connectivity index (χ1v) is 6.59. The Morgan fingerprint density at radius 2 is 2.16 bits per heavy atom. The molecule has 0 aromatic carbocycles. The van der Waals surface area contributed by atoms with E-state index in [1.54, 1.807) is 24.1 Å². The van der Waals surface area contributed by atoms with Crippen molar-refractivity contribution < 1.29 is 9.53 Å². The van der Waals surface area contributed by atoms with Crippen LogP contribution in [0.2, 0.25) is 0 Å². The van der Waals surface area contributed by atoms with Gasteiger partial charge in [0.1, 0.15) is 0 Å². The van der Waals surface area contributed by atoms with Gasteiger partial charge in [-0.2, -0.15) is 5.10 Å². The van der Waals surface area contributed by atoms with Gasteiger partial charge in [-0.05, 0) is 13.8 Å². The summed E-state index contributed by atoms with van der Waals surface area (Å²) in [5.74, 6) is -0.0746. The van der Waals surface area contributed by atoms with Crippen molar-refractivity contribution in [2.24, 2.45) is 7.05 Å². The zero-order valence-corrected chi connectivity index (χ0v) is 11.8. The Hall–Kier alpha value is -1.40. The van der Waals surface area contributed by atoms with Gasteiger partial charge in [-0.3, -0.25) is 14.4 Å². The Morgan fingerprint density at radius 1 is 1.47 bits per heavy atom. The van der Waals surface area contributed by atoms with E-state index in [0.29, 0.717) is 12.1 Å². The van der Waals surface area contributed by atoms with E-state index >= 15 is 0 Å². The number of ether oxygens (including phenoxy) is 1. The number of hydrogen-bond donors (Lipinski definition) is 1. The first kappa shape index (κ1) is 14.0.